The van der Waals surface area contributed by atoms with E-state index < -0.39 is 0 Å². The van der Waals surface area contributed by atoms with Crippen LogP contribution < -0.4 is 0 Å². The third-order valence-corrected chi connectivity index (χ3v) is 4.58. The highest BCUT2D eigenvalue weighted by molar-refractivity contribution is 5.69. The van der Waals surface area contributed by atoms with E-state index in [0.29, 0.717) is 5.92 Å². The van der Waals surface area contributed by atoms with E-state index in [1.54, 1.807) is 6.07 Å². The number of phenols is 1. The zero-order valence-electron chi connectivity index (χ0n) is 15.0. The molecule has 0 bridgehead atoms. The zero-order chi connectivity index (χ0) is 17.4. The van der Waals surface area contributed by atoms with Crippen molar-refractivity contribution in [2.45, 2.75) is 40.5 Å². The quantitative estimate of drug-likeness (QED) is 0.711. The van der Waals surface area contributed by atoms with Crippen LogP contribution in [0.3, 0.4) is 0 Å². The van der Waals surface area contributed by atoms with Crippen molar-refractivity contribution in [3.05, 3.63) is 64.8 Å². The monoisotopic (exact) mass is 320 g/mol. The number of aromatic nitrogens is 2. The Morgan fingerprint density at radius 2 is 1.54 bits per heavy atom. The van der Waals surface area contributed by atoms with Crippen molar-refractivity contribution in [3.8, 4) is 22.7 Å². The lowest BCUT2D eigenvalue weighted by atomic mass is 10.0. The van der Waals surface area contributed by atoms with Gasteiger partial charge in [-0.05, 0) is 73.7 Å². The molecule has 24 heavy (non-hydrogen) atoms. The maximum atomic E-state index is 10.3. The Morgan fingerprint density at radius 3 is 2.17 bits per heavy atom. The Kier molecular flexibility index (Phi) is 4.18. The topological polar surface area (TPSA) is 38.0 Å². The van der Waals surface area contributed by atoms with Gasteiger partial charge in [-0.2, -0.15) is 5.10 Å². The molecule has 1 aromatic heterocycles. The van der Waals surface area contributed by atoms with Crippen LogP contribution in [-0.4, -0.2) is 14.9 Å². The van der Waals surface area contributed by atoms with Crippen LogP contribution >= 0.6 is 0 Å². The molecule has 0 atom stereocenters. The average Bonchev–Trinajstić information content (AvgIpc) is 2.92. The highest BCUT2D eigenvalue weighted by atomic mass is 16.3. The summed E-state index contributed by atoms with van der Waals surface area (Å²) in [7, 11) is 0. The lowest BCUT2D eigenvalue weighted by molar-refractivity contribution is 0.476. The van der Waals surface area contributed by atoms with Crippen LogP contribution in [0.15, 0.2) is 42.5 Å². The molecule has 0 saturated carbocycles. The van der Waals surface area contributed by atoms with Crippen LogP contribution in [0.4, 0.5) is 0 Å². The molecule has 0 aliphatic heterocycles. The summed E-state index contributed by atoms with van der Waals surface area (Å²) in [5.41, 5.74) is 7.19. The van der Waals surface area contributed by atoms with E-state index in [1.807, 2.05) is 37.6 Å². The fourth-order valence-corrected chi connectivity index (χ4v) is 2.87. The molecule has 0 aliphatic rings. The molecule has 0 saturated heterocycles. The zero-order valence-corrected chi connectivity index (χ0v) is 15.0. The van der Waals surface area contributed by atoms with Crippen molar-refractivity contribution in [3.63, 3.8) is 0 Å². The van der Waals surface area contributed by atoms with Gasteiger partial charge in [-0.3, -0.25) is 0 Å². The van der Waals surface area contributed by atoms with Gasteiger partial charge >= 0.3 is 0 Å². The standard InChI is InChI=1S/C21H24N2O/c1-13(2)17-6-8-18(9-7-17)23-16(5)12-20(22-23)19-10-14(3)15(4)11-21(19)24/h6-13,24H,1-5H3. The van der Waals surface area contributed by atoms with Gasteiger partial charge in [0.25, 0.3) is 0 Å². The fraction of sp³-hybridized carbons (Fsp3) is 0.286. The number of aromatic hydroxyl groups is 1. The van der Waals surface area contributed by atoms with Gasteiger partial charge in [0.2, 0.25) is 0 Å². The Morgan fingerprint density at radius 1 is 0.917 bits per heavy atom. The minimum atomic E-state index is 0.276. The van der Waals surface area contributed by atoms with Gasteiger partial charge in [0, 0.05) is 11.3 Å². The molecule has 0 fully saturated rings. The van der Waals surface area contributed by atoms with Crippen molar-refractivity contribution < 1.29 is 5.11 Å². The van der Waals surface area contributed by atoms with Crippen LogP contribution in [0.1, 0.15) is 42.1 Å². The van der Waals surface area contributed by atoms with Gasteiger partial charge < -0.3 is 5.11 Å². The summed E-state index contributed by atoms with van der Waals surface area (Å²) in [6, 6.07) is 14.3. The first-order chi connectivity index (χ1) is 11.4. The summed E-state index contributed by atoms with van der Waals surface area (Å²) in [4.78, 5) is 0. The van der Waals surface area contributed by atoms with E-state index in [9.17, 15) is 5.11 Å². The highest BCUT2D eigenvalue weighted by Crippen LogP contribution is 2.32. The first-order valence-corrected chi connectivity index (χ1v) is 8.34. The normalized spacial score (nSPS) is 11.2. The van der Waals surface area contributed by atoms with E-state index in [2.05, 4.69) is 38.1 Å². The molecule has 1 heterocycles. The summed E-state index contributed by atoms with van der Waals surface area (Å²) in [5.74, 6) is 0.790. The molecular formula is C21H24N2O. The summed E-state index contributed by atoms with van der Waals surface area (Å²) in [6.07, 6.45) is 0. The van der Waals surface area contributed by atoms with Crippen LogP contribution in [0, 0.1) is 20.8 Å². The minimum absolute atomic E-state index is 0.276. The molecule has 2 aromatic carbocycles. The maximum Gasteiger partial charge on any atom is 0.125 e. The number of hydrogen-bond acceptors (Lipinski definition) is 2. The molecule has 0 unspecified atom stereocenters. The summed E-state index contributed by atoms with van der Waals surface area (Å²) < 4.78 is 1.92. The van der Waals surface area contributed by atoms with Crippen LogP contribution in [-0.2, 0) is 0 Å². The van der Waals surface area contributed by atoms with Gasteiger partial charge in [0.05, 0.1) is 11.4 Å². The van der Waals surface area contributed by atoms with Crippen molar-refractivity contribution in [1.82, 2.24) is 9.78 Å². The Bertz CT molecular complexity index is 874. The first kappa shape index (κ1) is 16.3. The summed E-state index contributed by atoms with van der Waals surface area (Å²) in [6.45, 7) is 10.5. The molecule has 0 aliphatic carbocycles. The third kappa shape index (κ3) is 2.94. The molecule has 124 valence electrons. The van der Waals surface area contributed by atoms with E-state index in [1.165, 1.54) is 5.56 Å². The number of benzene rings is 2. The minimum Gasteiger partial charge on any atom is -0.507 e. The van der Waals surface area contributed by atoms with Gasteiger partial charge in [-0.1, -0.05) is 26.0 Å². The summed E-state index contributed by atoms with van der Waals surface area (Å²) >= 11 is 0. The second-order valence-electron chi connectivity index (χ2n) is 6.78. The Balaban J connectivity index is 2.03. The Labute approximate surface area is 143 Å². The van der Waals surface area contributed by atoms with E-state index in [4.69, 9.17) is 5.10 Å². The fourth-order valence-electron chi connectivity index (χ4n) is 2.87. The molecule has 0 amide bonds. The number of aryl methyl sites for hydroxylation is 3. The lowest BCUT2D eigenvalue weighted by Gasteiger charge is -2.08. The second kappa shape index (κ2) is 6.16. The lowest BCUT2D eigenvalue weighted by Crippen LogP contribution is -1.99. The molecule has 0 radical (unpaired) electrons. The predicted molar refractivity (Wildman–Crippen MR) is 99.0 cm³/mol. The van der Waals surface area contributed by atoms with Gasteiger partial charge in [0.15, 0.2) is 0 Å². The van der Waals surface area contributed by atoms with Crippen molar-refractivity contribution in [1.29, 1.82) is 0 Å². The van der Waals surface area contributed by atoms with E-state index >= 15 is 0 Å². The molecule has 1 N–H and O–H groups in total. The molecule has 3 rings (SSSR count). The predicted octanol–water partition coefficient (Wildman–Crippen LogP) is 5.29. The van der Waals surface area contributed by atoms with Crippen molar-refractivity contribution in [2.24, 2.45) is 0 Å². The van der Waals surface area contributed by atoms with Crippen molar-refractivity contribution >= 4 is 0 Å². The SMILES string of the molecule is Cc1cc(O)c(-c2cc(C)n(-c3ccc(C(C)C)cc3)n2)cc1C. The maximum absolute atomic E-state index is 10.3. The average molecular weight is 320 g/mol. The number of rotatable bonds is 3. The van der Waals surface area contributed by atoms with Crippen LogP contribution in [0.25, 0.3) is 16.9 Å². The molecule has 0 spiro atoms. The van der Waals surface area contributed by atoms with Gasteiger partial charge in [0.1, 0.15) is 5.75 Å². The van der Waals surface area contributed by atoms with Crippen LogP contribution in [0.2, 0.25) is 0 Å². The van der Waals surface area contributed by atoms with Gasteiger partial charge in [-0.25, -0.2) is 4.68 Å². The van der Waals surface area contributed by atoms with Crippen LogP contribution in [0.5, 0.6) is 5.75 Å². The van der Waals surface area contributed by atoms with Crippen molar-refractivity contribution in [2.75, 3.05) is 0 Å². The third-order valence-electron chi connectivity index (χ3n) is 4.58. The largest absolute Gasteiger partial charge is 0.507 e. The number of nitrogens with zero attached hydrogens (tertiary/aromatic N) is 2. The van der Waals surface area contributed by atoms with Gasteiger partial charge in [-0.15, -0.1) is 0 Å². The van der Waals surface area contributed by atoms with E-state index in [0.717, 1.165) is 33.8 Å². The second-order valence-corrected chi connectivity index (χ2v) is 6.78. The Hall–Kier alpha value is -2.55. The van der Waals surface area contributed by atoms with E-state index in [-0.39, 0.29) is 5.75 Å². The molecule has 3 heteroatoms. The molecular weight excluding hydrogens is 296 g/mol. The highest BCUT2D eigenvalue weighted by Gasteiger charge is 2.13. The number of hydrogen-bond donors (Lipinski definition) is 1. The number of phenolic OH excluding ortho intramolecular Hbond substituents is 1. The molecule has 3 nitrogen and oxygen atoms in total. The first-order valence-electron chi connectivity index (χ1n) is 8.34. The summed E-state index contributed by atoms with van der Waals surface area (Å²) in [5, 5.41) is 15.0. The smallest absolute Gasteiger partial charge is 0.125 e. The molecule has 3 aromatic rings.